The number of imidazole rings is 1. The van der Waals surface area contributed by atoms with Crippen LogP contribution in [0, 0.1) is 13.8 Å². The van der Waals surface area contributed by atoms with Gasteiger partial charge < -0.3 is 19.0 Å². The third-order valence-electron chi connectivity index (χ3n) is 3.76. The second kappa shape index (κ2) is 8.76. The predicted octanol–water partition coefficient (Wildman–Crippen LogP) is 0.205. The monoisotopic (exact) mass is 383 g/mol. The summed E-state index contributed by atoms with van der Waals surface area (Å²) in [4.78, 5) is 11.8. The quantitative estimate of drug-likeness (QED) is 0.514. The zero-order valence-electron chi connectivity index (χ0n) is 14.9. The smallest absolute Gasteiger partial charge is 0.797 e. The summed E-state index contributed by atoms with van der Waals surface area (Å²) < 4.78 is 23.2. The van der Waals surface area contributed by atoms with Gasteiger partial charge in [-0.1, -0.05) is 0 Å². The van der Waals surface area contributed by atoms with Crippen molar-refractivity contribution in [2.45, 2.75) is 19.0 Å². The number of ether oxygens (including phenoxy) is 2. The average Bonchev–Trinajstić information content (AvgIpc) is 3.01. The Kier molecular flexibility index (Phi) is 7.21. The van der Waals surface area contributed by atoms with Crippen LogP contribution in [-0.2, 0) is 0 Å². The van der Waals surface area contributed by atoms with E-state index in [2.05, 4.69) is 15.0 Å². The number of nitrogens with zero attached hydrogens (tertiary/aromatic N) is 2. The van der Waals surface area contributed by atoms with Crippen LogP contribution in [0.1, 0.15) is 16.8 Å². The van der Waals surface area contributed by atoms with Crippen molar-refractivity contribution in [1.29, 1.82) is 0 Å². The van der Waals surface area contributed by atoms with Crippen LogP contribution in [0.2, 0.25) is 0 Å². The van der Waals surface area contributed by atoms with Crippen molar-refractivity contribution in [3.05, 3.63) is 41.2 Å². The molecule has 126 valence electrons. The maximum atomic E-state index is 12.6. The summed E-state index contributed by atoms with van der Waals surface area (Å²) in [5, 5.41) is 1.95. The molecular formula is C17H18KN3O3S. The first kappa shape index (κ1) is 20.6. The van der Waals surface area contributed by atoms with Crippen molar-refractivity contribution < 1.29 is 65.4 Å². The van der Waals surface area contributed by atoms with Gasteiger partial charge in [-0.2, -0.15) is 0 Å². The minimum atomic E-state index is -1.45. The number of hydrogen-bond donors (Lipinski definition) is 1. The number of aromatic nitrogens is 3. The molecule has 1 atom stereocenters. The van der Waals surface area contributed by atoms with E-state index < -0.39 is 10.8 Å². The summed E-state index contributed by atoms with van der Waals surface area (Å²) in [5.74, 6) is 1.47. The first-order valence-corrected chi connectivity index (χ1v) is 8.54. The molecule has 0 radical (unpaired) electrons. The van der Waals surface area contributed by atoms with E-state index in [0.717, 1.165) is 27.9 Å². The summed E-state index contributed by atoms with van der Waals surface area (Å²) in [6, 6.07) is 5.46. The maximum Gasteiger partial charge on any atom is 1.00 e. The fourth-order valence-electron chi connectivity index (χ4n) is 2.51. The number of methoxy groups -OCH3 is 2. The van der Waals surface area contributed by atoms with Crippen LogP contribution in [0.25, 0.3) is 11.0 Å². The van der Waals surface area contributed by atoms with Gasteiger partial charge in [0, 0.05) is 23.4 Å². The molecule has 0 bridgehead atoms. The number of pyridine rings is 1. The molecule has 1 N–H and O–H groups in total. The number of aromatic amines is 1. The number of benzene rings is 1. The molecular weight excluding hydrogens is 365 g/mol. The molecule has 8 heteroatoms. The number of fused-ring (bicyclic) bond motifs is 1. The summed E-state index contributed by atoms with van der Waals surface area (Å²) in [6.07, 6.45) is 1.71. The zero-order chi connectivity index (χ0) is 17.3. The van der Waals surface area contributed by atoms with Gasteiger partial charge >= 0.3 is 51.4 Å². The third kappa shape index (κ3) is 4.33. The fourth-order valence-corrected chi connectivity index (χ4v) is 3.46. The number of nitrogens with one attached hydrogen (secondary N) is 1. The first-order valence-electron chi connectivity index (χ1n) is 7.33. The zero-order valence-corrected chi connectivity index (χ0v) is 18.9. The van der Waals surface area contributed by atoms with Crippen LogP contribution in [-0.4, -0.2) is 39.1 Å². The Morgan fingerprint density at radius 2 is 1.96 bits per heavy atom. The third-order valence-corrected chi connectivity index (χ3v) is 4.77. The predicted molar refractivity (Wildman–Crippen MR) is 94.7 cm³/mol. The molecule has 3 rings (SSSR count). The Morgan fingerprint density at radius 1 is 1.20 bits per heavy atom. The Labute approximate surface area is 191 Å². The summed E-state index contributed by atoms with van der Waals surface area (Å²) in [7, 11) is 1.76. The molecule has 0 saturated carbocycles. The first-order chi connectivity index (χ1) is 11.5. The van der Waals surface area contributed by atoms with Crippen molar-refractivity contribution in [3.8, 4) is 11.5 Å². The Hall–Kier alpha value is -0.744. The van der Waals surface area contributed by atoms with Gasteiger partial charge in [0.2, 0.25) is 0 Å². The standard InChI is InChI=1S/C17H18N3O3S.K/c1-10-8-18-15(11(2)16(10)23-4)9-24(21)17-19-13-6-5-12(22-3)7-14(13)20-17;/h5-9H,1-4H3,(H-,19,20,21);/q-1;+1. The van der Waals surface area contributed by atoms with Gasteiger partial charge in [-0.05, 0) is 31.3 Å². The van der Waals surface area contributed by atoms with E-state index in [4.69, 9.17) is 9.47 Å². The summed E-state index contributed by atoms with van der Waals surface area (Å²) in [6.45, 7) is 3.82. The summed E-state index contributed by atoms with van der Waals surface area (Å²) in [5.41, 5.74) is 3.92. The van der Waals surface area contributed by atoms with Gasteiger partial charge in [0.25, 0.3) is 0 Å². The minimum absolute atomic E-state index is 0. The second-order valence-corrected chi connectivity index (χ2v) is 6.54. The van der Waals surface area contributed by atoms with Gasteiger partial charge in [0.1, 0.15) is 16.7 Å². The van der Waals surface area contributed by atoms with Gasteiger partial charge in [0.05, 0.1) is 30.9 Å². The van der Waals surface area contributed by atoms with E-state index in [1.807, 2.05) is 32.0 Å². The number of hydrogen-bond acceptors (Lipinski definition) is 5. The molecule has 0 fully saturated rings. The van der Waals surface area contributed by atoms with Gasteiger partial charge in [0.15, 0.2) is 0 Å². The molecule has 6 nitrogen and oxygen atoms in total. The number of rotatable bonds is 4. The molecule has 1 aromatic carbocycles. The second-order valence-electron chi connectivity index (χ2n) is 5.32. The maximum absolute atomic E-state index is 12.6. The van der Waals surface area contributed by atoms with Crippen molar-refractivity contribution >= 4 is 27.2 Å². The molecule has 0 aliphatic carbocycles. The van der Waals surface area contributed by atoms with E-state index in [0.29, 0.717) is 16.6 Å². The van der Waals surface area contributed by atoms with Gasteiger partial charge in [-0.15, -0.1) is 0 Å². The van der Waals surface area contributed by atoms with Gasteiger partial charge in [-0.25, -0.2) is 15.7 Å². The normalized spacial score (nSPS) is 12.0. The van der Waals surface area contributed by atoms with Gasteiger partial charge in [-0.3, -0.25) is 4.98 Å². The molecule has 0 spiro atoms. The largest absolute Gasteiger partial charge is 1.00 e. The Morgan fingerprint density at radius 3 is 2.64 bits per heavy atom. The van der Waals surface area contributed by atoms with Crippen LogP contribution >= 0.6 is 10.8 Å². The van der Waals surface area contributed by atoms with Crippen molar-refractivity contribution in [3.63, 3.8) is 0 Å². The molecule has 0 amide bonds. The van der Waals surface area contributed by atoms with Crippen LogP contribution in [0.4, 0.5) is 0 Å². The molecule has 3 aromatic rings. The SMILES string of the molecule is COc1ccc2nc(/S([O-])=C/c3ncc(C)c(OC)c3C)[nH]c2c1.[K+]. The average molecular weight is 384 g/mol. The Balaban J connectivity index is 0.00000225. The van der Waals surface area contributed by atoms with Crippen LogP contribution in [0.3, 0.4) is 0 Å². The van der Waals surface area contributed by atoms with Crippen LogP contribution < -0.4 is 60.9 Å². The fraction of sp³-hybridized carbons (Fsp3) is 0.235. The number of aryl methyl sites for hydroxylation is 1. The topological polar surface area (TPSA) is 83.1 Å². The molecule has 2 heterocycles. The Bertz CT molecular complexity index is 940. The van der Waals surface area contributed by atoms with Crippen molar-refractivity contribution in [2.24, 2.45) is 0 Å². The van der Waals surface area contributed by atoms with E-state index in [9.17, 15) is 4.55 Å². The molecule has 0 saturated heterocycles. The molecule has 25 heavy (non-hydrogen) atoms. The van der Waals surface area contributed by atoms with E-state index in [1.165, 1.54) is 0 Å². The van der Waals surface area contributed by atoms with Crippen LogP contribution in [0.5, 0.6) is 11.5 Å². The molecule has 0 aliphatic rings. The minimum Gasteiger partial charge on any atom is -0.797 e. The van der Waals surface area contributed by atoms with Crippen LogP contribution in [0.15, 0.2) is 29.6 Å². The van der Waals surface area contributed by atoms with Crippen molar-refractivity contribution in [1.82, 2.24) is 15.0 Å². The van der Waals surface area contributed by atoms with E-state index in [1.54, 1.807) is 25.8 Å². The summed E-state index contributed by atoms with van der Waals surface area (Å²) >= 11 is 0. The molecule has 0 aliphatic heterocycles. The number of H-pyrrole nitrogens is 1. The molecule has 1 unspecified atom stereocenters. The molecule has 2 aromatic heterocycles. The van der Waals surface area contributed by atoms with Crippen molar-refractivity contribution in [2.75, 3.05) is 14.2 Å². The van der Waals surface area contributed by atoms with E-state index >= 15 is 0 Å². The van der Waals surface area contributed by atoms with E-state index in [-0.39, 0.29) is 51.4 Å².